The third-order valence-electron chi connectivity index (χ3n) is 5.18. The van der Waals surface area contributed by atoms with E-state index in [4.69, 9.17) is 19.6 Å². The zero-order valence-corrected chi connectivity index (χ0v) is 18.6. The Morgan fingerprint density at radius 2 is 2.04 bits per heavy atom. The van der Waals surface area contributed by atoms with Gasteiger partial charge in [-0.3, -0.25) is 4.57 Å². The fourth-order valence-electron chi connectivity index (χ4n) is 2.63. The zero-order valence-electron chi connectivity index (χ0n) is 16.0. The van der Waals surface area contributed by atoms with E-state index < -0.39 is 38.5 Å². The SMILES string of the molecule is CO[C@@H]1[C@H](O[Si](C)(C)C(C)(C)C)[C@@H](CO)O[C@H]1n1cc(Br)c(N)nc1=O. The van der Waals surface area contributed by atoms with Crippen molar-refractivity contribution in [1.82, 2.24) is 9.55 Å². The molecular weight excluding hydrogens is 422 g/mol. The van der Waals surface area contributed by atoms with Gasteiger partial charge in [0, 0.05) is 13.3 Å². The molecular formula is C16H28BrN3O5Si. The number of nitrogens with two attached hydrogens (primary N) is 1. The van der Waals surface area contributed by atoms with E-state index in [2.05, 4.69) is 54.8 Å². The summed E-state index contributed by atoms with van der Waals surface area (Å²) < 4.78 is 19.8. The molecule has 0 saturated carbocycles. The molecule has 0 radical (unpaired) electrons. The normalized spacial score (nSPS) is 27.1. The number of nitrogens with zero attached hydrogens (tertiary/aromatic N) is 2. The Bertz CT molecular complexity index is 706. The summed E-state index contributed by atoms with van der Waals surface area (Å²) in [6.45, 7) is 10.4. The lowest BCUT2D eigenvalue weighted by Gasteiger charge is -2.40. The van der Waals surface area contributed by atoms with Gasteiger partial charge < -0.3 is 24.7 Å². The van der Waals surface area contributed by atoms with Crippen LogP contribution < -0.4 is 11.4 Å². The van der Waals surface area contributed by atoms with Crippen molar-refractivity contribution >= 4 is 30.1 Å². The number of rotatable bonds is 5. The number of nitrogen functional groups attached to an aromatic ring is 1. The average Bonchev–Trinajstić information content (AvgIpc) is 2.86. The second-order valence-electron chi connectivity index (χ2n) is 7.95. The monoisotopic (exact) mass is 449 g/mol. The van der Waals surface area contributed by atoms with Crippen molar-refractivity contribution in [2.75, 3.05) is 19.5 Å². The minimum atomic E-state index is -2.15. The van der Waals surface area contributed by atoms with Crippen molar-refractivity contribution in [2.45, 2.75) is 63.4 Å². The van der Waals surface area contributed by atoms with E-state index in [1.165, 1.54) is 17.9 Å². The quantitative estimate of drug-likeness (QED) is 0.660. The molecule has 10 heteroatoms. The third kappa shape index (κ3) is 4.05. The minimum absolute atomic E-state index is 0.0218. The number of aliphatic hydroxyl groups excluding tert-OH is 1. The number of hydrogen-bond acceptors (Lipinski definition) is 7. The Balaban J connectivity index is 2.41. The molecule has 26 heavy (non-hydrogen) atoms. The van der Waals surface area contributed by atoms with E-state index in [0.29, 0.717) is 4.47 Å². The lowest BCUT2D eigenvalue weighted by atomic mass is 10.1. The highest BCUT2D eigenvalue weighted by molar-refractivity contribution is 9.10. The maximum Gasteiger partial charge on any atom is 0.351 e. The molecule has 8 nitrogen and oxygen atoms in total. The van der Waals surface area contributed by atoms with Crippen molar-refractivity contribution in [1.29, 1.82) is 0 Å². The van der Waals surface area contributed by atoms with Crippen LogP contribution in [0.25, 0.3) is 0 Å². The molecule has 4 atom stereocenters. The number of ether oxygens (including phenoxy) is 2. The van der Waals surface area contributed by atoms with Gasteiger partial charge in [0.1, 0.15) is 24.1 Å². The summed E-state index contributed by atoms with van der Waals surface area (Å²) in [6.07, 6.45) is -0.939. The molecule has 2 heterocycles. The predicted molar refractivity (Wildman–Crippen MR) is 104 cm³/mol. The Hall–Kier alpha value is -0.783. The van der Waals surface area contributed by atoms with Gasteiger partial charge in [-0.1, -0.05) is 20.8 Å². The van der Waals surface area contributed by atoms with E-state index in [9.17, 15) is 9.90 Å². The van der Waals surface area contributed by atoms with Gasteiger partial charge in [0.15, 0.2) is 14.5 Å². The van der Waals surface area contributed by atoms with Gasteiger partial charge in [0.05, 0.1) is 11.1 Å². The number of aromatic nitrogens is 2. The minimum Gasteiger partial charge on any atom is -0.408 e. The third-order valence-corrected chi connectivity index (χ3v) is 10.3. The maximum atomic E-state index is 12.3. The van der Waals surface area contributed by atoms with Gasteiger partial charge in [0.25, 0.3) is 0 Å². The molecule has 0 aliphatic carbocycles. The molecule has 0 spiro atoms. The van der Waals surface area contributed by atoms with Crippen LogP contribution in [0.2, 0.25) is 18.1 Å². The van der Waals surface area contributed by atoms with E-state index in [0.717, 1.165) is 0 Å². The first kappa shape index (κ1) is 21.5. The topological polar surface area (TPSA) is 109 Å². The van der Waals surface area contributed by atoms with Gasteiger partial charge in [-0.2, -0.15) is 4.98 Å². The first-order valence-electron chi connectivity index (χ1n) is 8.44. The second kappa shape index (κ2) is 7.68. The second-order valence-corrected chi connectivity index (χ2v) is 13.6. The Morgan fingerprint density at radius 1 is 1.42 bits per heavy atom. The van der Waals surface area contributed by atoms with Crippen LogP contribution in [0.3, 0.4) is 0 Å². The summed E-state index contributed by atoms with van der Waals surface area (Å²) >= 11 is 3.27. The molecule has 1 aromatic heterocycles. The standard InChI is InChI=1S/C16H28BrN3O5Si/c1-16(2,3)26(5,6)25-11-10(8-21)24-14(12(11)23-4)20-7-9(17)13(18)19-15(20)22/h7,10-12,14,21H,8H2,1-6H3,(H2,18,19,22)/t10-,11-,12-,14-/m1/s1. The van der Waals surface area contributed by atoms with Crippen LogP contribution in [0.5, 0.6) is 0 Å². The van der Waals surface area contributed by atoms with Crippen LogP contribution in [0.1, 0.15) is 27.0 Å². The molecule has 1 aliphatic rings. The summed E-state index contributed by atoms with van der Waals surface area (Å²) in [4.78, 5) is 16.1. The van der Waals surface area contributed by atoms with Crippen molar-refractivity contribution in [3.63, 3.8) is 0 Å². The number of methoxy groups -OCH3 is 1. The first-order chi connectivity index (χ1) is 11.9. The van der Waals surface area contributed by atoms with E-state index in [1.807, 2.05) is 0 Å². The largest absolute Gasteiger partial charge is 0.408 e. The summed E-state index contributed by atoms with van der Waals surface area (Å²) in [6, 6.07) is 0. The van der Waals surface area contributed by atoms with Crippen molar-refractivity contribution < 1.29 is 19.0 Å². The van der Waals surface area contributed by atoms with Gasteiger partial charge in [0.2, 0.25) is 0 Å². The lowest BCUT2D eigenvalue weighted by Crippen LogP contribution is -2.50. The molecule has 0 amide bonds. The molecule has 3 N–H and O–H groups in total. The van der Waals surface area contributed by atoms with Gasteiger partial charge >= 0.3 is 5.69 Å². The molecule has 1 aromatic rings. The van der Waals surface area contributed by atoms with Crippen molar-refractivity contribution in [2.24, 2.45) is 0 Å². The number of hydrogen-bond donors (Lipinski definition) is 2. The van der Waals surface area contributed by atoms with Crippen LogP contribution in [0.4, 0.5) is 5.82 Å². The molecule has 1 saturated heterocycles. The highest BCUT2D eigenvalue weighted by atomic mass is 79.9. The zero-order chi connectivity index (χ0) is 19.9. The average molecular weight is 450 g/mol. The smallest absolute Gasteiger partial charge is 0.351 e. The summed E-state index contributed by atoms with van der Waals surface area (Å²) in [5, 5.41) is 9.78. The summed E-state index contributed by atoms with van der Waals surface area (Å²) in [7, 11) is -0.618. The molecule has 148 valence electrons. The van der Waals surface area contributed by atoms with Crippen molar-refractivity contribution in [3.8, 4) is 0 Å². The summed E-state index contributed by atoms with van der Waals surface area (Å²) in [5.41, 5.74) is 5.11. The van der Waals surface area contributed by atoms with Crippen LogP contribution in [-0.2, 0) is 13.9 Å². The van der Waals surface area contributed by atoms with Crippen molar-refractivity contribution in [3.05, 3.63) is 21.2 Å². The predicted octanol–water partition coefficient (Wildman–Crippen LogP) is 1.88. The number of anilines is 1. The molecule has 0 unspecified atom stereocenters. The Labute approximate surface area is 162 Å². The number of aliphatic hydroxyl groups is 1. The van der Waals surface area contributed by atoms with E-state index >= 15 is 0 Å². The van der Waals surface area contributed by atoms with E-state index in [1.54, 1.807) is 0 Å². The molecule has 2 rings (SSSR count). The summed E-state index contributed by atoms with van der Waals surface area (Å²) in [5.74, 6) is 0.103. The lowest BCUT2D eigenvalue weighted by molar-refractivity contribution is -0.0625. The van der Waals surface area contributed by atoms with Crippen LogP contribution in [0, 0.1) is 0 Å². The molecule has 1 aliphatic heterocycles. The molecule has 1 fully saturated rings. The van der Waals surface area contributed by atoms with Gasteiger partial charge in [-0.05, 0) is 34.1 Å². The Morgan fingerprint density at radius 3 is 2.54 bits per heavy atom. The van der Waals surface area contributed by atoms with Crippen LogP contribution in [0.15, 0.2) is 15.5 Å². The van der Waals surface area contributed by atoms with Crippen LogP contribution >= 0.6 is 15.9 Å². The van der Waals surface area contributed by atoms with Gasteiger partial charge in [-0.25, -0.2) is 4.79 Å². The highest BCUT2D eigenvalue weighted by Gasteiger charge is 2.51. The maximum absolute atomic E-state index is 12.3. The molecule has 0 aromatic carbocycles. The van der Waals surface area contributed by atoms with Crippen LogP contribution in [-0.4, -0.2) is 55.0 Å². The Kier molecular flexibility index (Phi) is 6.36. The number of halogens is 1. The fourth-order valence-corrected chi connectivity index (χ4v) is 4.26. The van der Waals surface area contributed by atoms with Gasteiger partial charge in [-0.15, -0.1) is 0 Å². The molecule has 0 bridgehead atoms. The van der Waals surface area contributed by atoms with E-state index in [-0.39, 0.29) is 17.5 Å². The first-order valence-corrected chi connectivity index (χ1v) is 12.1. The fraction of sp³-hybridized carbons (Fsp3) is 0.750. The highest BCUT2D eigenvalue weighted by Crippen LogP contribution is 2.41.